The van der Waals surface area contributed by atoms with Crippen molar-refractivity contribution in [2.75, 3.05) is 7.11 Å². The van der Waals surface area contributed by atoms with Crippen LogP contribution in [0.3, 0.4) is 0 Å². The molecule has 3 aromatic carbocycles. The lowest BCUT2D eigenvalue weighted by Crippen LogP contribution is -2.39. The second-order valence-electron chi connectivity index (χ2n) is 8.88. The van der Waals surface area contributed by atoms with E-state index < -0.39 is 11.9 Å². The van der Waals surface area contributed by atoms with Crippen LogP contribution in [0.5, 0.6) is 0 Å². The maximum Gasteiger partial charge on any atom is 0.337 e. The summed E-state index contributed by atoms with van der Waals surface area (Å²) in [4.78, 5) is 28.7. The Hall–Kier alpha value is -3.81. The van der Waals surface area contributed by atoms with Crippen LogP contribution in [-0.4, -0.2) is 17.6 Å². The van der Waals surface area contributed by atoms with Crippen molar-refractivity contribution in [3.8, 4) is 0 Å². The molecule has 0 bridgehead atoms. The minimum absolute atomic E-state index is 0.256. The Labute approximate surface area is 223 Å². The van der Waals surface area contributed by atoms with Crippen molar-refractivity contribution >= 4 is 46.5 Å². The Kier molecular flexibility index (Phi) is 6.91. The van der Waals surface area contributed by atoms with Gasteiger partial charge in [-0.2, -0.15) is 0 Å². The van der Waals surface area contributed by atoms with Gasteiger partial charge in [0, 0.05) is 9.80 Å². The van der Waals surface area contributed by atoms with Crippen LogP contribution < -0.4 is 20.5 Å². The molecule has 0 aliphatic carbocycles. The fourth-order valence-electron chi connectivity index (χ4n) is 4.33. The zero-order valence-electron chi connectivity index (χ0n) is 20.7. The van der Waals surface area contributed by atoms with Crippen LogP contribution in [0.25, 0.3) is 17.5 Å². The number of esters is 1. The third-order valence-corrected chi connectivity index (χ3v) is 8.54. The van der Waals surface area contributed by atoms with Gasteiger partial charge in [-0.05, 0) is 43.2 Å². The summed E-state index contributed by atoms with van der Waals surface area (Å²) in [6.45, 7) is 4.03. The van der Waals surface area contributed by atoms with Gasteiger partial charge in [0.25, 0.3) is 5.56 Å². The van der Waals surface area contributed by atoms with E-state index in [0.29, 0.717) is 25.5 Å². The van der Waals surface area contributed by atoms with Gasteiger partial charge in [0.15, 0.2) is 0 Å². The van der Waals surface area contributed by atoms with Gasteiger partial charge in [0.2, 0.25) is 0 Å². The zero-order chi connectivity index (χ0) is 26.1. The van der Waals surface area contributed by atoms with E-state index in [4.69, 9.17) is 10.5 Å². The largest absolute Gasteiger partial charge is 0.466 e. The Bertz CT molecular complexity index is 1680. The molecule has 7 heteroatoms. The van der Waals surface area contributed by atoms with E-state index in [9.17, 15) is 9.59 Å². The van der Waals surface area contributed by atoms with Crippen LogP contribution in [0.15, 0.2) is 93.5 Å². The molecule has 2 N–H and O–H groups in total. The number of hydrogen-bond donors (Lipinski definition) is 1. The maximum atomic E-state index is 13.7. The molecule has 186 valence electrons. The molecular weight excluding hydrogens is 500 g/mol. The summed E-state index contributed by atoms with van der Waals surface area (Å²) in [6.07, 6.45) is 1.84. The average Bonchev–Trinajstić information content (AvgIpc) is 3.23. The predicted molar refractivity (Wildman–Crippen MR) is 152 cm³/mol. The van der Waals surface area contributed by atoms with Crippen molar-refractivity contribution < 1.29 is 9.53 Å². The molecule has 0 radical (unpaired) electrons. The highest BCUT2D eigenvalue weighted by Gasteiger charge is 2.36. The van der Waals surface area contributed by atoms with Gasteiger partial charge < -0.3 is 10.5 Å². The third kappa shape index (κ3) is 4.80. The highest BCUT2D eigenvalue weighted by atomic mass is 32.2. The minimum atomic E-state index is -0.485. The minimum Gasteiger partial charge on any atom is -0.466 e. The lowest BCUT2D eigenvalue weighted by molar-refractivity contribution is -0.134. The molecule has 1 unspecified atom stereocenters. The van der Waals surface area contributed by atoms with E-state index in [0.717, 1.165) is 27.1 Å². The topological polar surface area (TPSA) is 74.3 Å². The number of aryl methyl sites for hydroxylation is 2. The molecule has 5 rings (SSSR count). The van der Waals surface area contributed by atoms with Crippen LogP contribution >= 0.6 is 23.1 Å². The van der Waals surface area contributed by atoms with E-state index in [1.165, 1.54) is 34.8 Å². The van der Waals surface area contributed by atoms with E-state index in [1.54, 1.807) is 0 Å². The summed E-state index contributed by atoms with van der Waals surface area (Å²) in [6, 6.07) is 25.8. The second-order valence-corrected chi connectivity index (χ2v) is 11.0. The molecule has 1 aliphatic rings. The van der Waals surface area contributed by atoms with Gasteiger partial charge in [-0.15, -0.1) is 11.3 Å². The number of carbonyl (C=O) groups excluding carboxylic acids is 1. The monoisotopic (exact) mass is 526 g/mol. The molecule has 5 nitrogen and oxygen atoms in total. The Morgan fingerprint density at radius 2 is 1.59 bits per heavy atom. The number of nitrogens with zero attached hydrogens (tertiary/aromatic N) is 1. The van der Waals surface area contributed by atoms with Gasteiger partial charge in [-0.3, -0.25) is 9.36 Å². The highest BCUT2D eigenvalue weighted by Crippen LogP contribution is 2.45. The maximum absolute atomic E-state index is 13.7. The molecule has 0 spiro atoms. The van der Waals surface area contributed by atoms with E-state index in [1.807, 2.05) is 98.8 Å². The summed E-state index contributed by atoms with van der Waals surface area (Å²) >= 11 is 2.72. The number of nitrogens with two attached hydrogens (primary N) is 1. The van der Waals surface area contributed by atoms with Crippen molar-refractivity contribution in [1.29, 1.82) is 0 Å². The molecule has 0 saturated carbocycles. The molecule has 0 fully saturated rings. The molecule has 1 atom stereocenters. The van der Waals surface area contributed by atoms with Crippen molar-refractivity contribution in [1.82, 2.24) is 4.57 Å². The summed E-state index contributed by atoms with van der Waals surface area (Å²) in [5, 5.41) is 0. The van der Waals surface area contributed by atoms with Crippen molar-refractivity contribution in [2.45, 2.75) is 24.7 Å². The quantitative estimate of drug-likeness (QED) is 0.392. The average molecular weight is 527 g/mol. The second kappa shape index (κ2) is 10.3. The smallest absolute Gasteiger partial charge is 0.337 e. The van der Waals surface area contributed by atoms with Crippen LogP contribution in [0.4, 0.5) is 0 Å². The predicted octanol–water partition coefficient (Wildman–Crippen LogP) is 4.35. The van der Waals surface area contributed by atoms with Crippen molar-refractivity contribution in [3.05, 3.63) is 126 Å². The van der Waals surface area contributed by atoms with Crippen molar-refractivity contribution in [2.24, 2.45) is 5.73 Å². The molecule has 0 amide bonds. The Morgan fingerprint density at radius 3 is 2.22 bits per heavy atom. The lowest BCUT2D eigenvalue weighted by atomic mass is 9.89. The Morgan fingerprint density at radius 1 is 0.973 bits per heavy atom. The summed E-state index contributed by atoms with van der Waals surface area (Å²) in [7, 11) is 1.36. The van der Waals surface area contributed by atoms with Crippen LogP contribution in [0, 0.1) is 13.8 Å². The Balaban J connectivity index is 1.83. The molecule has 37 heavy (non-hydrogen) atoms. The van der Waals surface area contributed by atoms with Gasteiger partial charge in [-0.1, -0.05) is 89.6 Å². The molecule has 2 heterocycles. The normalized spacial score (nSPS) is 15.6. The standard InChI is InChI=1S/C30H26N2O3S2/c1-18-9-13-20(14-10-18)17-23-28(33)32-27(31)26(36-22-7-5-4-6-8-22)24(21-15-11-19(2)12-16-21)25(29(32)37-23)30(34)35-3/h4-17,24H,31H2,1-3H3/b23-17-. The first kappa shape index (κ1) is 24.9. The summed E-state index contributed by atoms with van der Waals surface area (Å²) < 4.78 is 7.73. The number of fused-ring (bicyclic) bond motifs is 1. The molecule has 4 aromatic rings. The van der Waals surface area contributed by atoms with E-state index >= 15 is 0 Å². The number of thiazole rings is 1. The van der Waals surface area contributed by atoms with Crippen LogP contribution in [0.1, 0.15) is 28.2 Å². The SMILES string of the molecule is COC(=O)C1=c2s/c(=C\c3ccc(C)cc3)c(=O)n2C(N)=C(Sc2ccccc2)C1c1ccc(C)cc1. The van der Waals surface area contributed by atoms with E-state index in [2.05, 4.69) is 0 Å². The third-order valence-electron chi connectivity index (χ3n) is 6.26. The number of hydrogen-bond acceptors (Lipinski definition) is 6. The number of ether oxygens (including phenoxy) is 1. The number of rotatable bonds is 5. The molecule has 1 aliphatic heterocycles. The van der Waals surface area contributed by atoms with Gasteiger partial charge in [0.1, 0.15) is 10.5 Å². The number of aromatic nitrogens is 1. The fraction of sp³-hybridized carbons (Fsp3) is 0.133. The summed E-state index contributed by atoms with van der Waals surface area (Å²) in [5.74, 6) is -0.642. The number of methoxy groups -OCH3 is 1. The summed E-state index contributed by atoms with van der Waals surface area (Å²) in [5.41, 5.74) is 11.0. The lowest BCUT2D eigenvalue weighted by Gasteiger charge is -2.27. The molecule has 1 aromatic heterocycles. The molecular formula is C30H26N2O3S2. The van der Waals surface area contributed by atoms with Gasteiger partial charge >= 0.3 is 5.97 Å². The fourth-order valence-corrected chi connectivity index (χ4v) is 6.61. The zero-order valence-corrected chi connectivity index (χ0v) is 22.4. The highest BCUT2D eigenvalue weighted by molar-refractivity contribution is 8.03. The number of benzene rings is 3. The first-order chi connectivity index (χ1) is 17.9. The first-order valence-electron chi connectivity index (χ1n) is 11.8. The van der Waals surface area contributed by atoms with Crippen molar-refractivity contribution in [3.63, 3.8) is 0 Å². The first-order valence-corrected chi connectivity index (χ1v) is 13.4. The van der Waals surface area contributed by atoms with Gasteiger partial charge in [0.05, 0.1) is 23.1 Å². The van der Waals surface area contributed by atoms with Crippen LogP contribution in [0.2, 0.25) is 0 Å². The molecule has 0 saturated heterocycles. The number of allylic oxidation sites excluding steroid dienone is 1. The van der Waals surface area contributed by atoms with E-state index in [-0.39, 0.29) is 5.56 Å². The number of thioether (sulfide) groups is 1. The van der Waals surface area contributed by atoms with Crippen LogP contribution in [-0.2, 0) is 9.53 Å². The number of carbonyl (C=O) groups is 1. The van der Waals surface area contributed by atoms with Gasteiger partial charge in [-0.25, -0.2) is 4.79 Å².